The first-order valence-electron chi connectivity index (χ1n) is 11.1. The number of aromatic hydroxyl groups is 6. The first-order valence-corrected chi connectivity index (χ1v) is 11.1. The molecule has 4 aromatic rings. The molecule has 0 aliphatic heterocycles. The maximum absolute atomic E-state index is 13.8. The number of carbonyl (C=O) groups is 3. The van der Waals surface area contributed by atoms with E-state index >= 15 is 0 Å². The molecule has 0 aliphatic carbocycles. The highest BCUT2D eigenvalue weighted by molar-refractivity contribution is 6.28. The van der Waals surface area contributed by atoms with Crippen LogP contribution in [0.15, 0.2) is 60.7 Å². The summed E-state index contributed by atoms with van der Waals surface area (Å²) in [5, 5.41) is 60.8. The van der Waals surface area contributed by atoms with Gasteiger partial charge in [0.05, 0.1) is 22.3 Å². The van der Waals surface area contributed by atoms with Crippen LogP contribution in [0.4, 0.5) is 5.69 Å². The van der Waals surface area contributed by atoms with Gasteiger partial charge in [-0.05, 0) is 55.0 Å². The van der Waals surface area contributed by atoms with Gasteiger partial charge in [-0.2, -0.15) is 0 Å². The quantitative estimate of drug-likeness (QED) is 0.113. The lowest BCUT2D eigenvalue weighted by Crippen LogP contribution is -2.20. The molecule has 0 atom stereocenters. The maximum Gasteiger partial charge on any atom is 0.199 e. The van der Waals surface area contributed by atoms with Crippen molar-refractivity contribution in [3.05, 3.63) is 99.6 Å². The summed E-state index contributed by atoms with van der Waals surface area (Å²) in [5.74, 6) is -7.36. The normalized spacial score (nSPS) is 10.8. The van der Waals surface area contributed by atoms with E-state index in [1.807, 2.05) is 0 Å². The average molecular weight is 515 g/mol. The van der Waals surface area contributed by atoms with E-state index < -0.39 is 85.2 Å². The van der Waals surface area contributed by atoms with E-state index in [-0.39, 0.29) is 11.3 Å². The van der Waals surface area contributed by atoms with Crippen molar-refractivity contribution < 1.29 is 45.0 Å². The zero-order valence-corrected chi connectivity index (χ0v) is 19.8. The number of hydrogen-bond donors (Lipinski definition) is 7. The summed E-state index contributed by atoms with van der Waals surface area (Å²) < 4.78 is 0. The predicted octanol–water partition coefficient (Wildman–Crippen LogP) is 3.50. The molecular weight excluding hydrogens is 494 g/mol. The highest BCUT2D eigenvalue weighted by Gasteiger charge is 2.33. The van der Waals surface area contributed by atoms with Crippen molar-refractivity contribution in [1.29, 1.82) is 0 Å². The second kappa shape index (κ2) is 9.51. The number of aryl methyl sites for hydroxylation is 1. The number of phenols is 6. The van der Waals surface area contributed by atoms with Crippen LogP contribution in [0, 0.1) is 6.92 Å². The van der Waals surface area contributed by atoms with Gasteiger partial charge in [-0.15, -0.1) is 0 Å². The van der Waals surface area contributed by atoms with Gasteiger partial charge in [-0.25, -0.2) is 0 Å². The van der Waals surface area contributed by atoms with Gasteiger partial charge >= 0.3 is 0 Å². The monoisotopic (exact) mass is 515 g/mol. The molecular formula is C28H21NO9. The lowest BCUT2D eigenvalue weighted by Gasteiger charge is -2.19. The largest absolute Gasteiger partial charge is 0.504 e. The fourth-order valence-electron chi connectivity index (χ4n) is 4.04. The van der Waals surface area contributed by atoms with Crippen LogP contribution in [0.2, 0.25) is 0 Å². The molecule has 4 aromatic carbocycles. The summed E-state index contributed by atoms with van der Waals surface area (Å²) >= 11 is 0. The number of nitrogens with two attached hydrogens (primary N) is 1. The van der Waals surface area contributed by atoms with Gasteiger partial charge < -0.3 is 36.4 Å². The van der Waals surface area contributed by atoms with E-state index in [4.69, 9.17) is 5.73 Å². The molecule has 0 spiro atoms. The van der Waals surface area contributed by atoms with E-state index in [1.165, 1.54) is 43.3 Å². The number of anilines is 1. The zero-order valence-electron chi connectivity index (χ0n) is 19.8. The molecule has 0 fully saturated rings. The Morgan fingerprint density at radius 3 is 1.34 bits per heavy atom. The lowest BCUT2D eigenvalue weighted by atomic mass is 9.83. The smallest absolute Gasteiger partial charge is 0.199 e. The molecule has 0 saturated carbocycles. The van der Waals surface area contributed by atoms with Crippen LogP contribution < -0.4 is 5.73 Å². The molecule has 0 radical (unpaired) electrons. The number of benzene rings is 4. The van der Waals surface area contributed by atoms with E-state index in [0.29, 0.717) is 0 Å². The summed E-state index contributed by atoms with van der Waals surface area (Å²) in [5.41, 5.74) is 3.30. The van der Waals surface area contributed by atoms with Gasteiger partial charge in [0.25, 0.3) is 0 Å². The van der Waals surface area contributed by atoms with Gasteiger partial charge in [-0.1, -0.05) is 18.2 Å². The van der Waals surface area contributed by atoms with Crippen LogP contribution in [-0.4, -0.2) is 48.0 Å². The van der Waals surface area contributed by atoms with E-state index in [1.54, 1.807) is 0 Å². The summed E-state index contributed by atoms with van der Waals surface area (Å²) in [6.07, 6.45) is 0. The summed E-state index contributed by atoms with van der Waals surface area (Å²) in [6.45, 7) is 1.45. The SMILES string of the molecule is Cc1cc(C(=O)c2cccc(O)c2O)c(C(=O)c2cccc(O)c2O)c(C(=O)c2cccc(O)c2O)c1N. The van der Waals surface area contributed by atoms with Gasteiger partial charge in [0.2, 0.25) is 0 Å². The molecule has 8 N–H and O–H groups in total. The molecule has 0 amide bonds. The van der Waals surface area contributed by atoms with Crippen molar-refractivity contribution in [2.45, 2.75) is 6.92 Å². The number of ketones is 3. The Bertz CT molecular complexity index is 1660. The molecule has 192 valence electrons. The number of hydrogen-bond acceptors (Lipinski definition) is 10. The van der Waals surface area contributed by atoms with Crippen molar-refractivity contribution in [3.8, 4) is 34.5 Å². The Labute approximate surface area is 215 Å². The molecule has 0 bridgehead atoms. The molecule has 38 heavy (non-hydrogen) atoms. The third-order valence-electron chi connectivity index (χ3n) is 6.05. The van der Waals surface area contributed by atoms with Crippen LogP contribution in [0.1, 0.15) is 53.3 Å². The standard InChI is InChI=1S/C28H21NO9/c1-12-11-16(23(33)13-5-2-8-17(30)24(13)34)20(27(37)14-6-3-9-18(31)25(14)35)21(22(12)29)28(38)15-7-4-10-19(32)26(15)36/h2-11,30-32,34-36H,29H2,1H3. The molecule has 10 heteroatoms. The van der Waals surface area contributed by atoms with Crippen LogP contribution in [0.25, 0.3) is 0 Å². The fraction of sp³-hybridized carbons (Fsp3) is 0.0357. The highest BCUT2D eigenvalue weighted by atomic mass is 16.3. The number of para-hydroxylation sites is 3. The second-order valence-corrected chi connectivity index (χ2v) is 8.41. The Morgan fingerprint density at radius 2 is 0.921 bits per heavy atom. The van der Waals surface area contributed by atoms with Gasteiger partial charge in [-0.3, -0.25) is 14.4 Å². The molecule has 10 nitrogen and oxygen atoms in total. The minimum Gasteiger partial charge on any atom is -0.504 e. The first kappa shape index (κ1) is 25.6. The maximum atomic E-state index is 13.8. The lowest BCUT2D eigenvalue weighted by molar-refractivity contribution is 0.0987. The van der Waals surface area contributed by atoms with Crippen LogP contribution in [-0.2, 0) is 0 Å². The van der Waals surface area contributed by atoms with Crippen molar-refractivity contribution in [2.24, 2.45) is 0 Å². The summed E-state index contributed by atoms with van der Waals surface area (Å²) in [4.78, 5) is 41.2. The Hall–Kier alpha value is -5.51. The number of nitrogen functional groups attached to an aromatic ring is 1. The van der Waals surface area contributed by atoms with Crippen molar-refractivity contribution in [2.75, 3.05) is 5.73 Å². The number of carbonyl (C=O) groups excluding carboxylic acids is 3. The minimum atomic E-state index is -1.09. The molecule has 0 unspecified atom stereocenters. The molecule has 0 saturated heterocycles. The first-order chi connectivity index (χ1) is 18.0. The van der Waals surface area contributed by atoms with Crippen molar-refractivity contribution in [3.63, 3.8) is 0 Å². The number of phenolic OH excluding ortho intramolecular Hbond substituents is 6. The van der Waals surface area contributed by atoms with Gasteiger partial charge in [0, 0.05) is 16.8 Å². The zero-order chi connectivity index (χ0) is 27.9. The molecule has 0 heterocycles. The minimum absolute atomic E-state index is 0.174. The summed E-state index contributed by atoms with van der Waals surface area (Å²) in [6, 6.07) is 11.9. The second-order valence-electron chi connectivity index (χ2n) is 8.41. The Kier molecular flexibility index (Phi) is 6.40. The van der Waals surface area contributed by atoms with Gasteiger partial charge in [0.15, 0.2) is 51.8 Å². The Morgan fingerprint density at radius 1 is 0.553 bits per heavy atom. The fourth-order valence-corrected chi connectivity index (χ4v) is 4.04. The van der Waals surface area contributed by atoms with Crippen LogP contribution in [0.5, 0.6) is 34.5 Å². The number of rotatable bonds is 6. The van der Waals surface area contributed by atoms with Crippen LogP contribution in [0.3, 0.4) is 0 Å². The van der Waals surface area contributed by atoms with E-state index in [9.17, 15) is 45.0 Å². The third kappa shape index (κ3) is 4.09. The highest BCUT2D eigenvalue weighted by Crippen LogP contribution is 2.39. The topological polar surface area (TPSA) is 199 Å². The average Bonchev–Trinajstić information content (AvgIpc) is 2.89. The van der Waals surface area contributed by atoms with Crippen molar-refractivity contribution >= 4 is 23.0 Å². The molecule has 4 rings (SSSR count). The van der Waals surface area contributed by atoms with E-state index in [2.05, 4.69) is 0 Å². The van der Waals surface area contributed by atoms with Gasteiger partial charge in [0.1, 0.15) is 0 Å². The predicted molar refractivity (Wildman–Crippen MR) is 135 cm³/mol. The summed E-state index contributed by atoms with van der Waals surface area (Å²) in [7, 11) is 0. The van der Waals surface area contributed by atoms with Crippen molar-refractivity contribution in [1.82, 2.24) is 0 Å². The molecule has 0 aliphatic rings. The Balaban J connectivity index is 2.10. The third-order valence-corrected chi connectivity index (χ3v) is 6.05. The van der Waals surface area contributed by atoms with Crippen LogP contribution >= 0.6 is 0 Å². The van der Waals surface area contributed by atoms with E-state index in [0.717, 1.165) is 24.3 Å². The molecule has 0 aromatic heterocycles.